The van der Waals surface area contributed by atoms with E-state index in [-0.39, 0.29) is 29.3 Å². The zero-order chi connectivity index (χ0) is 19.7. The topological polar surface area (TPSA) is 84.6 Å². The Hall–Kier alpha value is -3.10. The number of nitrogens with zero attached hydrogens (tertiary/aromatic N) is 2. The van der Waals surface area contributed by atoms with Crippen LogP contribution in [0.15, 0.2) is 60.2 Å². The molecule has 2 unspecified atom stereocenters. The highest BCUT2D eigenvalue weighted by molar-refractivity contribution is 6.02. The smallest absolute Gasteiger partial charge is 0.265 e. The van der Waals surface area contributed by atoms with E-state index in [0.717, 1.165) is 18.4 Å². The zero-order valence-electron chi connectivity index (χ0n) is 15.5. The molecule has 2 N–H and O–H groups in total. The molecule has 2 bridgehead atoms. The Morgan fingerprint density at radius 1 is 1.07 bits per heavy atom. The molecule has 1 amide bonds. The molecule has 0 saturated carbocycles. The first-order valence-electron chi connectivity index (χ1n) is 9.51. The van der Waals surface area contributed by atoms with Gasteiger partial charge in [-0.2, -0.15) is 5.26 Å². The van der Waals surface area contributed by atoms with E-state index < -0.39 is 5.60 Å². The van der Waals surface area contributed by atoms with Crippen molar-refractivity contribution in [1.82, 2.24) is 4.90 Å². The Bertz CT molecular complexity index is 930. The lowest BCUT2D eigenvalue weighted by atomic mass is 9.80. The van der Waals surface area contributed by atoms with Crippen LogP contribution < -0.4 is 0 Å². The molecule has 2 aromatic carbocycles. The predicted octanol–water partition coefficient (Wildman–Crippen LogP) is 3.34. The molecule has 5 nitrogen and oxygen atoms in total. The van der Waals surface area contributed by atoms with E-state index in [9.17, 15) is 20.3 Å². The third kappa shape index (κ3) is 3.28. The number of piperidine rings is 1. The fourth-order valence-electron chi connectivity index (χ4n) is 4.56. The van der Waals surface area contributed by atoms with Gasteiger partial charge in [0.05, 0.1) is 5.60 Å². The number of phenols is 1. The lowest BCUT2D eigenvalue weighted by molar-refractivity contribution is -0.137. The van der Waals surface area contributed by atoms with E-state index in [1.807, 2.05) is 36.4 Å². The minimum Gasteiger partial charge on any atom is -0.508 e. The zero-order valence-corrected chi connectivity index (χ0v) is 15.5. The number of benzene rings is 2. The van der Waals surface area contributed by atoms with Crippen LogP contribution in [0.5, 0.6) is 5.75 Å². The minimum absolute atomic E-state index is 0.0759. The van der Waals surface area contributed by atoms with E-state index in [4.69, 9.17) is 0 Å². The molecule has 0 spiro atoms. The highest BCUT2D eigenvalue weighted by atomic mass is 16.3. The molecule has 2 aliphatic rings. The van der Waals surface area contributed by atoms with Gasteiger partial charge in [0, 0.05) is 24.9 Å². The molecule has 0 radical (unpaired) electrons. The second-order valence-electron chi connectivity index (χ2n) is 7.66. The number of fused-ring (bicyclic) bond motifs is 2. The van der Waals surface area contributed by atoms with Crippen LogP contribution in [-0.2, 0) is 10.4 Å². The summed E-state index contributed by atoms with van der Waals surface area (Å²) in [6, 6.07) is 17.9. The van der Waals surface area contributed by atoms with Gasteiger partial charge in [-0.1, -0.05) is 42.5 Å². The Balaban J connectivity index is 1.58. The molecule has 4 rings (SSSR count). The molecule has 0 aliphatic carbocycles. The second kappa shape index (κ2) is 7.14. The summed E-state index contributed by atoms with van der Waals surface area (Å²) in [7, 11) is 0. The van der Waals surface area contributed by atoms with Crippen molar-refractivity contribution in [3.8, 4) is 11.8 Å². The quantitative estimate of drug-likeness (QED) is 0.637. The molecule has 5 heteroatoms. The summed E-state index contributed by atoms with van der Waals surface area (Å²) in [5, 5.41) is 30.2. The van der Waals surface area contributed by atoms with Gasteiger partial charge in [-0.3, -0.25) is 4.79 Å². The average Bonchev–Trinajstić information content (AvgIpc) is 2.99. The number of carbonyl (C=O) groups excluding carboxylic acids is 1. The van der Waals surface area contributed by atoms with Crippen molar-refractivity contribution in [2.24, 2.45) is 0 Å². The summed E-state index contributed by atoms with van der Waals surface area (Å²) < 4.78 is 0. The molecular weight excluding hydrogens is 352 g/mol. The van der Waals surface area contributed by atoms with Crippen LogP contribution in [-0.4, -0.2) is 33.1 Å². The van der Waals surface area contributed by atoms with Crippen molar-refractivity contribution in [1.29, 1.82) is 5.26 Å². The number of rotatable bonds is 3. The maximum Gasteiger partial charge on any atom is 0.265 e. The fraction of sp³-hybridized carbons (Fsp3) is 0.304. The average molecular weight is 374 g/mol. The number of nitriles is 1. The van der Waals surface area contributed by atoms with E-state index in [2.05, 4.69) is 0 Å². The van der Waals surface area contributed by atoms with Gasteiger partial charge in [-0.15, -0.1) is 0 Å². The summed E-state index contributed by atoms with van der Waals surface area (Å²) in [4.78, 5) is 14.9. The number of phenolic OH excluding ortho intramolecular Hbond substituents is 1. The molecule has 142 valence electrons. The SMILES string of the molecule is N#C/C(=C\c1ccc(O)cc1)C(=O)N1C2CCC1CC(O)(c1ccccc1)C2. The Morgan fingerprint density at radius 2 is 1.68 bits per heavy atom. The first-order chi connectivity index (χ1) is 13.5. The highest BCUT2D eigenvalue weighted by Gasteiger charge is 2.50. The van der Waals surface area contributed by atoms with Gasteiger partial charge in [-0.25, -0.2) is 0 Å². The van der Waals surface area contributed by atoms with E-state index in [1.54, 1.807) is 23.1 Å². The Kier molecular flexibility index (Phi) is 4.66. The van der Waals surface area contributed by atoms with Crippen LogP contribution in [0.2, 0.25) is 0 Å². The summed E-state index contributed by atoms with van der Waals surface area (Å²) in [5.41, 5.74) is 0.719. The fourth-order valence-corrected chi connectivity index (χ4v) is 4.56. The van der Waals surface area contributed by atoms with Gasteiger partial charge in [-0.05, 0) is 42.2 Å². The highest BCUT2D eigenvalue weighted by Crippen LogP contribution is 2.46. The van der Waals surface area contributed by atoms with Crippen molar-refractivity contribution < 1.29 is 15.0 Å². The van der Waals surface area contributed by atoms with Crippen LogP contribution in [0.25, 0.3) is 6.08 Å². The summed E-state index contributed by atoms with van der Waals surface area (Å²) in [6.45, 7) is 0. The molecule has 2 aromatic rings. The van der Waals surface area contributed by atoms with Gasteiger partial charge >= 0.3 is 0 Å². The number of carbonyl (C=O) groups is 1. The molecule has 2 atom stereocenters. The standard InChI is InChI=1S/C23H22N2O3/c24-15-17(12-16-6-10-21(26)11-7-16)22(27)25-19-8-9-20(25)14-23(28,13-19)18-4-2-1-3-5-18/h1-7,10-12,19-20,26,28H,8-9,13-14H2/b17-12+. The van der Waals surface area contributed by atoms with Crippen LogP contribution in [0.4, 0.5) is 0 Å². The number of aromatic hydroxyl groups is 1. The maximum absolute atomic E-state index is 13.1. The molecule has 2 aliphatic heterocycles. The van der Waals surface area contributed by atoms with Gasteiger partial charge in [0.25, 0.3) is 5.91 Å². The number of hydrogen-bond donors (Lipinski definition) is 2. The van der Waals surface area contributed by atoms with Gasteiger partial charge < -0.3 is 15.1 Å². The van der Waals surface area contributed by atoms with Crippen molar-refractivity contribution in [2.45, 2.75) is 43.4 Å². The van der Waals surface area contributed by atoms with Crippen molar-refractivity contribution >= 4 is 12.0 Å². The van der Waals surface area contributed by atoms with E-state index >= 15 is 0 Å². The minimum atomic E-state index is -0.933. The largest absolute Gasteiger partial charge is 0.508 e. The van der Waals surface area contributed by atoms with E-state index in [0.29, 0.717) is 18.4 Å². The van der Waals surface area contributed by atoms with Crippen LogP contribution in [0, 0.1) is 11.3 Å². The summed E-state index contributed by atoms with van der Waals surface area (Å²) in [5.74, 6) is -0.144. The predicted molar refractivity (Wildman–Crippen MR) is 105 cm³/mol. The molecule has 2 fully saturated rings. The molecular formula is C23H22N2O3. The van der Waals surface area contributed by atoms with Gasteiger partial charge in [0.2, 0.25) is 0 Å². The van der Waals surface area contributed by atoms with Crippen molar-refractivity contribution in [3.63, 3.8) is 0 Å². The van der Waals surface area contributed by atoms with Gasteiger partial charge in [0.15, 0.2) is 0 Å². The number of aliphatic hydroxyl groups is 1. The molecule has 2 heterocycles. The lowest BCUT2D eigenvalue weighted by Crippen LogP contribution is -2.52. The summed E-state index contributed by atoms with van der Waals surface area (Å²) >= 11 is 0. The number of amides is 1. The third-order valence-corrected chi connectivity index (χ3v) is 5.87. The third-order valence-electron chi connectivity index (χ3n) is 5.87. The monoisotopic (exact) mass is 374 g/mol. The van der Waals surface area contributed by atoms with E-state index in [1.165, 1.54) is 12.1 Å². The van der Waals surface area contributed by atoms with Crippen LogP contribution in [0.3, 0.4) is 0 Å². The molecule has 28 heavy (non-hydrogen) atoms. The first kappa shape index (κ1) is 18.3. The Labute approximate surface area is 164 Å². The van der Waals surface area contributed by atoms with Crippen LogP contribution in [0.1, 0.15) is 36.8 Å². The maximum atomic E-state index is 13.1. The van der Waals surface area contributed by atoms with Crippen molar-refractivity contribution in [2.75, 3.05) is 0 Å². The Morgan fingerprint density at radius 3 is 2.25 bits per heavy atom. The van der Waals surface area contributed by atoms with Crippen LogP contribution >= 0.6 is 0 Å². The van der Waals surface area contributed by atoms with Crippen molar-refractivity contribution in [3.05, 3.63) is 71.3 Å². The number of hydrogen-bond acceptors (Lipinski definition) is 4. The normalized spacial score (nSPS) is 26.7. The second-order valence-corrected chi connectivity index (χ2v) is 7.66. The molecule has 0 aromatic heterocycles. The summed E-state index contributed by atoms with van der Waals surface area (Å²) in [6.07, 6.45) is 4.19. The van der Waals surface area contributed by atoms with Gasteiger partial charge in [0.1, 0.15) is 17.4 Å². The molecule has 2 saturated heterocycles. The lowest BCUT2D eigenvalue weighted by Gasteiger charge is -2.44. The first-order valence-corrected chi connectivity index (χ1v) is 9.51.